The second-order valence-electron chi connectivity index (χ2n) is 6.57. The van der Waals surface area contributed by atoms with Crippen LogP contribution < -0.4 is 5.32 Å². The molecule has 0 aliphatic carbocycles. The molecule has 0 saturated carbocycles. The normalized spacial score (nSPS) is 21.1. The van der Waals surface area contributed by atoms with Crippen molar-refractivity contribution in [1.82, 2.24) is 5.32 Å². The largest absolute Gasteiger partial charge is 0.285 e. The van der Waals surface area contributed by atoms with Crippen molar-refractivity contribution in [3.63, 3.8) is 0 Å². The lowest BCUT2D eigenvalue weighted by atomic mass is 10.0. The van der Waals surface area contributed by atoms with Crippen LogP contribution in [0.4, 0.5) is 0 Å². The quantitative estimate of drug-likeness (QED) is 0.386. The number of fused-ring (bicyclic) bond motifs is 10. The first kappa shape index (κ1) is 14.3. The zero-order chi connectivity index (χ0) is 16.4. The molecule has 4 aromatic carbocycles. The number of nitrogens with one attached hydrogen (secondary N) is 1. The van der Waals surface area contributed by atoms with Gasteiger partial charge >= 0.3 is 0 Å². The highest BCUT2D eigenvalue weighted by molar-refractivity contribution is 8.02. The summed E-state index contributed by atoms with van der Waals surface area (Å²) in [4.78, 5) is 2.89. The van der Waals surface area contributed by atoms with Gasteiger partial charge in [0.15, 0.2) is 0 Å². The smallest absolute Gasteiger partial charge is 0.0858 e. The van der Waals surface area contributed by atoms with Crippen molar-refractivity contribution in [3.05, 3.63) is 83.9 Å². The van der Waals surface area contributed by atoms with Crippen LogP contribution >= 0.6 is 23.5 Å². The maximum atomic E-state index is 3.82. The van der Waals surface area contributed by atoms with Crippen LogP contribution in [0.25, 0.3) is 21.5 Å². The molecule has 1 nitrogen and oxygen atoms in total. The van der Waals surface area contributed by atoms with Crippen LogP contribution in [0, 0.1) is 0 Å². The second kappa shape index (κ2) is 5.28. The molecule has 3 heteroatoms. The van der Waals surface area contributed by atoms with E-state index in [9.17, 15) is 0 Å². The van der Waals surface area contributed by atoms with E-state index in [0.29, 0.717) is 10.7 Å². The minimum atomic E-state index is 0.323. The molecule has 6 rings (SSSR count). The summed E-state index contributed by atoms with van der Waals surface area (Å²) >= 11 is 3.94. The molecule has 2 atom stereocenters. The highest BCUT2D eigenvalue weighted by Crippen LogP contribution is 2.57. The Balaban J connectivity index is 1.59. The van der Waals surface area contributed by atoms with Gasteiger partial charge in [0, 0.05) is 9.79 Å². The molecule has 2 heterocycles. The van der Waals surface area contributed by atoms with Crippen LogP contribution in [0.5, 0.6) is 0 Å². The number of rotatable bonds is 0. The summed E-state index contributed by atoms with van der Waals surface area (Å²) in [7, 11) is 0. The van der Waals surface area contributed by atoms with Crippen molar-refractivity contribution in [2.24, 2.45) is 0 Å². The van der Waals surface area contributed by atoms with E-state index in [-0.39, 0.29) is 0 Å². The Morgan fingerprint density at radius 2 is 1.04 bits per heavy atom. The topological polar surface area (TPSA) is 12.0 Å². The van der Waals surface area contributed by atoms with Gasteiger partial charge in [0.1, 0.15) is 0 Å². The van der Waals surface area contributed by atoms with E-state index in [4.69, 9.17) is 0 Å². The summed E-state index contributed by atoms with van der Waals surface area (Å²) in [5.41, 5.74) is 2.84. The van der Waals surface area contributed by atoms with Crippen molar-refractivity contribution in [3.8, 4) is 0 Å². The van der Waals surface area contributed by atoms with E-state index in [2.05, 4.69) is 78.1 Å². The SMILES string of the molecule is c1ccc2c3c(ccc2c1)[C@@H]1N[C@H](S3)c2ccc3ccccc3c2S1. The lowest BCUT2D eigenvalue weighted by molar-refractivity contribution is 0.623. The Labute approximate surface area is 154 Å². The Morgan fingerprint density at radius 3 is 1.56 bits per heavy atom. The van der Waals surface area contributed by atoms with Gasteiger partial charge in [-0.05, 0) is 32.7 Å². The number of hydrogen-bond donors (Lipinski definition) is 1. The van der Waals surface area contributed by atoms with E-state index in [1.165, 1.54) is 42.5 Å². The van der Waals surface area contributed by atoms with Gasteiger partial charge in [-0.1, -0.05) is 72.8 Å². The maximum absolute atomic E-state index is 3.82. The van der Waals surface area contributed by atoms with Crippen LogP contribution in [0.2, 0.25) is 0 Å². The van der Waals surface area contributed by atoms with Gasteiger partial charge in [-0.25, -0.2) is 0 Å². The molecule has 0 radical (unpaired) electrons. The third-order valence-corrected chi connectivity index (χ3v) is 7.79. The molecule has 0 amide bonds. The van der Waals surface area contributed by atoms with Gasteiger partial charge < -0.3 is 0 Å². The molecule has 0 unspecified atom stereocenters. The molecule has 0 aromatic heterocycles. The summed E-state index contributed by atoms with van der Waals surface area (Å²) in [5, 5.41) is 9.89. The standard InChI is InChI=1S/C22H15NS2/c1-3-7-15-13(5-1)9-11-17-19(15)24-22-18-12-10-14-6-2-4-8-16(14)20(18)25-21(17)23-22/h1-12,21-23H/t21-,22-/m1/s1. The minimum Gasteiger partial charge on any atom is -0.285 e. The molecular formula is C22H15NS2. The molecule has 0 spiro atoms. The lowest BCUT2D eigenvalue weighted by Gasteiger charge is -2.39. The molecule has 0 fully saturated rings. The fourth-order valence-electron chi connectivity index (χ4n) is 3.94. The fourth-order valence-corrected chi connectivity index (χ4v) is 6.97. The number of benzene rings is 4. The molecule has 2 aliphatic heterocycles. The molecule has 120 valence electrons. The average Bonchev–Trinajstić information content (AvgIpc) is 2.68. The first-order valence-corrected chi connectivity index (χ1v) is 10.3. The molecule has 1 N–H and O–H groups in total. The van der Waals surface area contributed by atoms with Crippen molar-refractivity contribution in [2.75, 3.05) is 0 Å². The second-order valence-corrected chi connectivity index (χ2v) is 8.80. The predicted molar refractivity (Wildman–Crippen MR) is 108 cm³/mol. The molecule has 4 aromatic rings. The van der Waals surface area contributed by atoms with E-state index in [1.807, 2.05) is 23.5 Å². The van der Waals surface area contributed by atoms with E-state index in [1.54, 1.807) is 0 Å². The van der Waals surface area contributed by atoms with Crippen LogP contribution in [0.1, 0.15) is 21.9 Å². The number of thioether (sulfide) groups is 2. The third kappa shape index (κ3) is 2.03. The van der Waals surface area contributed by atoms with E-state index >= 15 is 0 Å². The zero-order valence-corrected chi connectivity index (χ0v) is 15.0. The van der Waals surface area contributed by atoms with Crippen LogP contribution in [-0.2, 0) is 0 Å². The summed E-state index contributed by atoms with van der Waals surface area (Å²) < 4.78 is 0. The monoisotopic (exact) mass is 357 g/mol. The van der Waals surface area contributed by atoms with Crippen molar-refractivity contribution >= 4 is 45.1 Å². The van der Waals surface area contributed by atoms with Crippen molar-refractivity contribution in [2.45, 2.75) is 20.5 Å². The summed E-state index contributed by atoms with van der Waals surface area (Å²) in [6.07, 6.45) is 0. The van der Waals surface area contributed by atoms with Gasteiger partial charge in [0.25, 0.3) is 0 Å². The zero-order valence-electron chi connectivity index (χ0n) is 13.4. The lowest BCUT2D eigenvalue weighted by Crippen LogP contribution is -2.30. The molecule has 25 heavy (non-hydrogen) atoms. The third-order valence-electron chi connectivity index (χ3n) is 5.16. The summed E-state index contributed by atoms with van der Waals surface area (Å²) in [6, 6.07) is 26.6. The van der Waals surface area contributed by atoms with Gasteiger partial charge in [0.05, 0.1) is 10.7 Å². The predicted octanol–water partition coefficient (Wildman–Crippen LogP) is 6.49. The maximum Gasteiger partial charge on any atom is 0.0858 e. The first-order valence-electron chi connectivity index (χ1n) is 8.51. The van der Waals surface area contributed by atoms with Crippen LogP contribution in [-0.4, -0.2) is 0 Å². The Bertz CT molecular complexity index is 1060. The Kier molecular flexibility index (Phi) is 3.01. The molecular weight excluding hydrogens is 342 g/mol. The van der Waals surface area contributed by atoms with Crippen molar-refractivity contribution in [1.29, 1.82) is 0 Å². The van der Waals surface area contributed by atoms with Crippen molar-refractivity contribution < 1.29 is 0 Å². The average molecular weight is 358 g/mol. The first-order chi connectivity index (χ1) is 12.4. The van der Waals surface area contributed by atoms with Gasteiger partial charge in [-0.2, -0.15) is 0 Å². The van der Waals surface area contributed by atoms with Gasteiger partial charge in [0.2, 0.25) is 0 Å². The van der Waals surface area contributed by atoms with Crippen LogP contribution in [0.15, 0.2) is 82.6 Å². The van der Waals surface area contributed by atoms with E-state index in [0.717, 1.165) is 0 Å². The molecule has 2 aliphatic rings. The Morgan fingerprint density at radius 1 is 0.560 bits per heavy atom. The van der Waals surface area contributed by atoms with Crippen LogP contribution in [0.3, 0.4) is 0 Å². The number of hydrogen-bond acceptors (Lipinski definition) is 3. The van der Waals surface area contributed by atoms with Gasteiger partial charge in [-0.3, -0.25) is 5.32 Å². The highest BCUT2D eigenvalue weighted by atomic mass is 32.2. The Hall–Kier alpha value is -1.94. The molecule has 0 saturated heterocycles. The van der Waals surface area contributed by atoms with E-state index < -0.39 is 0 Å². The fraction of sp³-hybridized carbons (Fsp3) is 0.0909. The minimum absolute atomic E-state index is 0.323. The summed E-state index contributed by atoms with van der Waals surface area (Å²) in [6.45, 7) is 0. The van der Waals surface area contributed by atoms with Gasteiger partial charge in [-0.15, -0.1) is 23.5 Å². The summed E-state index contributed by atoms with van der Waals surface area (Å²) in [5.74, 6) is 0. The molecule has 2 bridgehead atoms. The highest BCUT2D eigenvalue weighted by Gasteiger charge is 2.35.